The van der Waals surface area contributed by atoms with Gasteiger partial charge < -0.3 is 19.5 Å². The van der Waals surface area contributed by atoms with Crippen molar-refractivity contribution in [3.63, 3.8) is 0 Å². The molecule has 0 aromatic heterocycles. The molecule has 2 rings (SSSR count). The maximum absolute atomic E-state index is 5.48. The Balaban J connectivity index is 2.22. The summed E-state index contributed by atoms with van der Waals surface area (Å²) in [5.74, 6) is 2.01. The van der Waals surface area contributed by atoms with Gasteiger partial charge in [0, 0.05) is 18.2 Å². The second-order valence-electron chi connectivity index (χ2n) is 5.07. The van der Waals surface area contributed by atoms with E-state index in [4.69, 9.17) is 14.2 Å². The lowest BCUT2D eigenvalue weighted by Gasteiger charge is -2.14. The van der Waals surface area contributed by atoms with Crippen LogP contribution in [0.1, 0.15) is 25.3 Å². The molecule has 20 heavy (non-hydrogen) atoms. The SMILES string of the molecule is COc1ccc(C=C(C)CNC2CC2)c(OC)c1OC. The highest BCUT2D eigenvalue weighted by Crippen LogP contribution is 2.40. The smallest absolute Gasteiger partial charge is 0.203 e. The lowest BCUT2D eigenvalue weighted by molar-refractivity contribution is 0.324. The molecule has 0 unspecified atom stereocenters. The first-order chi connectivity index (χ1) is 9.69. The second kappa shape index (κ2) is 6.66. The van der Waals surface area contributed by atoms with Gasteiger partial charge in [0.2, 0.25) is 5.75 Å². The van der Waals surface area contributed by atoms with Crippen LogP contribution in [0.2, 0.25) is 0 Å². The van der Waals surface area contributed by atoms with E-state index in [1.807, 2.05) is 12.1 Å². The Bertz CT molecular complexity index is 493. The minimum Gasteiger partial charge on any atom is -0.493 e. The highest BCUT2D eigenvalue weighted by atomic mass is 16.5. The van der Waals surface area contributed by atoms with Crippen LogP contribution in [0.15, 0.2) is 17.7 Å². The number of hydrogen-bond acceptors (Lipinski definition) is 4. The molecule has 0 bridgehead atoms. The summed E-state index contributed by atoms with van der Waals surface area (Å²) in [7, 11) is 4.89. The topological polar surface area (TPSA) is 39.7 Å². The van der Waals surface area contributed by atoms with E-state index in [1.165, 1.54) is 18.4 Å². The van der Waals surface area contributed by atoms with E-state index < -0.39 is 0 Å². The number of rotatable bonds is 7. The van der Waals surface area contributed by atoms with E-state index in [1.54, 1.807) is 21.3 Å². The molecule has 0 amide bonds. The number of nitrogens with one attached hydrogen (secondary N) is 1. The molecule has 1 fully saturated rings. The first-order valence-electron chi connectivity index (χ1n) is 6.89. The molecule has 1 N–H and O–H groups in total. The third-order valence-corrected chi connectivity index (χ3v) is 3.38. The maximum atomic E-state index is 5.48. The predicted molar refractivity (Wildman–Crippen MR) is 80.8 cm³/mol. The Morgan fingerprint density at radius 2 is 1.85 bits per heavy atom. The van der Waals surface area contributed by atoms with Crippen LogP contribution in [-0.4, -0.2) is 33.9 Å². The zero-order chi connectivity index (χ0) is 14.5. The molecule has 110 valence electrons. The lowest BCUT2D eigenvalue weighted by Crippen LogP contribution is -2.18. The van der Waals surface area contributed by atoms with Crippen LogP contribution in [0, 0.1) is 0 Å². The Morgan fingerprint density at radius 1 is 1.15 bits per heavy atom. The summed E-state index contributed by atoms with van der Waals surface area (Å²) in [6.45, 7) is 3.02. The minimum absolute atomic E-state index is 0.631. The molecule has 1 aromatic rings. The molecule has 0 heterocycles. The zero-order valence-corrected chi connectivity index (χ0v) is 12.7. The number of methoxy groups -OCH3 is 3. The van der Waals surface area contributed by atoms with Crippen LogP contribution in [0.25, 0.3) is 6.08 Å². The molecule has 1 aliphatic rings. The average Bonchev–Trinajstić information content (AvgIpc) is 3.28. The summed E-state index contributed by atoms with van der Waals surface area (Å²) in [5.41, 5.74) is 2.27. The van der Waals surface area contributed by atoms with Crippen LogP contribution in [-0.2, 0) is 0 Å². The van der Waals surface area contributed by atoms with Crippen molar-refractivity contribution in [2.24, 2.45) is 0 Å². The summed E-state index contributed by atoms with van der Waals surface area (Å²) in [6, 6.07) is 4.60. The van der Waals surface area contributed by atoms with Gasteiger partial charge in [-0.2, -0.15) is 0 Å². The van der Waals surface area contributed by atoms with E-state index in [9.17, 15) is 0 Å². The standard InChI is InChI=1S/C16H23NO3/c1-11(10-17-13-6-7-13)9-12-5-8-14(18-2)16(20-4)15(12)19-3/h5,8-9,13,17H,6-7,10H2,1-4H3. The van der Waals surface area contributed by atoms with E-state index in [2.05, 4.69) is 18.3 Å². The average molecular weight is 277 g/mol. The van der Waals surface area contributed by atoms with Gasteiger partial charge in [0.15, 0.2) is 11.5 Å². The normalized spacial score (nSPS) is 15.1. The Hall–Kier alpha value is -1.68. The fraction of sp³-hybridized carbons (Fsp3) is 0.500. The predicted octanol–water partition coefficient (Wildman–Crippen LogP) is 2.87. The van der Waals surface area contributed by atoms with Crippen molar-refractivity contribution in [2.75, 3.05) is 27.9 Å². The van der Waals surface area contributed by atoms with Gasteiger partial charge in [-0.3, -0.25) is 0 Å². The van der Waals surface area contributed by atoms with Gasteiger partial charge in [-0.25, -0.2) is 0 Å². The van der Waals surface area contributed by atoms with Gasteiger partial charge in [-0.15, -0.1) is 0 Å². The molecule has 0 aliphatic heterocycles. The number of benzene rings is 1. The van der Waals surface area contributed by atoms with E-state index in [0.29, 0.717) is 23.3 Å². The van der Waals surface area contributed by atoms with Gasteiger partial charge in [0.1, 0.15) is 0 Å². The van der Waals surface area contributed by atoms with E-state index >= 15 is 0 Å². The summed E-state index contributed by atoms with van der Waals surface area (Å²) < 4.78 is 16.2. The molecule has 1 aliphatic carbocycles. The largest absolute Gasteiger partial charge is 0.493 e. The van der Waals surface area contributed by atoms with Crippen LogP contribution < -0.4 is 19.5 Å². The fourth-order valence-corrected chi connectivity index (χ4v) is 2.15. The summed E-state index contributed by atoms with van der Waals surface area (Å²) in [6.07, 6.45) is 4.72. The van der Waals surface area contributed by atoms with Crippen LogP contribution >= 0.6 is 0 Å². The van der Waals surface area contributed by atoms with Crippen molar-refractivity contribution in [1.82, 2.24) is 5.32 Å². The quantitative estimate of drug-likeness (QED) is 0.832. The van der Waals surface area contributed by atoms with Gasteiger partial charge in [0.25, 0.3) is 0 Å². The third-order valence-electron chi connectivity index (χ3n) is 3.38. The molecule has 4 nitrogen and oxygen atoms in total. The van der Waals surface area contributed by atoms with Gasteiger partial charge in [-0.1, -0.05) is 11.6 Å². The molecule has 0 spiro atoms. The minimum atomic E-state index is 0.631. The zero-order valence-electron chi connectivity index (χ0n) is 12.7. The van der Waals surface area contributed by atoms with E-state index in [0.717, 1.165) is 12.1 Å². The molecule has 0 atom stereocenters. The molecule has 1 saturated carbocycles. The van der Waals surface area contributed by atoms with Crippen molar-refractivity contribution in [3.8, 4) is 17.2 Å². The third kappa shape index (κ3) is 3.45. The van der Waals surface area contributed by atoms with Gasteiger partial charge in [0.05, 0.1) is 21.3 Å². The summed E-state index contributed by atoms with van der Waals surface area (Å²) in [5, 5.41) is 3.50. The molecule has 0 saturated heterocycles. The van der Waals surface area contributed by atoms with Gasteiger partial charge >= 0.3 is 0 Å². The lowest BCUT2D eigenvalue weighted by atomic mass is 10.1. The highest BCUT2D eigenvalue weighted by Gasteiger charge is 2.20. The molecular weight excluding hydrogens is 254 g/mol. The van der Waals surface area contributed by atoms with Crippen molar-refractivity contribution in [1.29, 1.82) is 0 Å². The first kappa shape index (κ1) is 14.7. The summed E-state index contributed by atoms with van der Waals surface area (Å²) >= 11 is 0. The summed E-state index contributed by atoms with van der Waals surface area (Å²) in [4.78, 5) is 0. The maximum Gasteiger partial charge on any atom is 0.203 e. The Morgan fingerprint density at radius 3 is 2.40 bits per heavy atom. The fourth-order valence-electron chi connectivity index (χ4n) is 2.15. The second-order valence-corrected chi connectivity index (χ2v) is 5.07. The van der Waals surface area contributed by atoms with Crippen molar-refractivity contribution in [3.05, 3.63) is 23.3 Å². The van der Waals surface area contributed by atoms with E-state index in [-0.39, 0.29) is 0 Å². The molecular formula is C16H23NO3. The van der Waals surface area contributed by atoms with Crippen LogP contribution in [0.5, 0.6) is 17.2 Å². The highest BCUT2D eigenvalue weighted by molar-refractivity contribution is 5.67. The van der Waals surface area contributed by atoms with Crippen LogP contribution in [0.4, 0.5) is 0 Å². The van der Waals surface area contributed by atoms with Gasteiger partial charge in [-0.05, 0) is 31.9 Å². The van der Waals surface area contributed by atoms with Crippen molar-refractivity contribution in [2.45, 2.75) is 25.8 Å². The van der Waals surface area contributed by atoms with Crippen molar-refractivity contribution >= 4 is 6.08 Å². The first-order valence-corrected chi connectivity index (χ1v) is 6.89. The number of hydrogen-bond donors (Lipinski definition) is 1. The van der Waals surface area contributed by atoms with Crippen molar-refractivity contribution < 1.29 is 14.2 Å². The number of ether oxygens (including phenoxy) is 3. The Labute approximate surface area is 120 Å². The van der Waals surface area contributed by atoms with Crippen LogP contribution in [0.3, 0.4) is 0 Å². The Kier molecular flexibility index (Phi) is 4.90. The molecule has 0 radical (unpaired) electrons. The monoisotopic (exact) mass is 277 g/mol. The molecule has 1 aromatic carbocycles. The molecule has 4 heteroatoms.